The summed E-state index contributed by atoms with van der Waals surface area (Å²) < 4.78 is 1.76. The molecule has 4 fully saturated rings. The van der Waals surface area contributed by atoms with Crippen LogP contribution in [0.3, 0.4) is 0 Å². The molecule has 1 heterocycles. The van der Waals surface area contributed by atoms with Gasteiger partial charge in [-0.15, -0.1) is 5.10 Å². The maximum Gasteiger partial charge on any atom is 0.157 e. The number of fused-ring (bicyclic) bond motifs is 6. The van der Waals surface area contributed by atoms with E-state index in [0.29, 0.717) is 29.2 Å². The van der Waals surface area contributed by atoms with Gasteiger partial charge in [0.2, 0.25) is 0 Å². The maximum absolute atomic E-state index is 13.6. The molecule has 1 N–H and O–H groups in total. The van der Waals surface area contributed by atoms with Crippen LogP contribution in [0, 0.1) is 40.9 Å². The van der Waals surface area contributed by atoms with Crippen molar-refractivity contribution in [2.45, 2.75) is 83.8 Å². The van der Waals surface area contributed by atoms with E-state index in [1.807, 2.05) is 19.1 Å². The lowest BCUT2D eigenvalue weighted by atomic mass is 9.49. The summed E-state index contributed by atoms with van der Waals surface area (Å²) in [5.74, 6) is 4.17. The van der Waals surface area contributed by atoms with Gasteiger partial charge in [-0.05, 0) is 118 Å². The lowest BCUT2D eigenvalue weighted by Gasteiger charge is -2.56. The number of carbonyl (C=O) groups is 1. The standard InChI is InChI=1S/C27H36ClN3O2/c1-26(33)11-9-18-16(14-26)3-5-20-19(18)10-12-27(2)21(20)6-7-22(27)25(32)15-31-24-8-4-17(28)13-23(24)29-30-31/h4,8,13,16,18-22,33H,3,5-7,9-12,14-15H2,1-2H3/t16?,18?,19-,20-,21+,22-,26-,27+/m1/s1. The average molecular weight is 470 g/mol. The fourth-order valence-electron chi connectivity index (χ4n) is 8.93. The Labute approximate surface area is 201 Å². The largest absolute Gasteiger partial charge is 0.390 e. The number of Topliss-reactive ketones (excluding diaryl/α,β-unsaturated/α-hetero) is 1. The third-order valence-electron chi connectivity index (χ3n) is 10.4. The van der Waals surface area contributed by atoms with Crippen molar-refractivity contribution in [3.8, 4) is 0 Å². The number of benzene rings is 1. The summed E-state index contributed by atoms with van der Waals surface area (Å²) in [7, 11) is 0. The highest BCUT2D eigenvalue weighted by atomic mass is 35.5. The second-order valence-corrected chi connectivity index (χ2v) is 12.6. The number of rotatable bonds is 3. The molecule has 0 spiro atoms. The molecule has 2 unspecified atom stereocenters. The van der Waals surface area contributed by atoms with E-state index in [9.17, 15) is 9.90 Å². The van der Waals surface area contributed by atoms with Gasteiger partial charge in [-0.2, -0.15) is 0 Å². The summed E-state index contributed by atoms with van der Waals surface area (Å²) in [6.07, 6.45) is 10.3. The second kappa shape index (κ2) is 7.78. The van der Waals surface area contributed by atoms with Crippen LogP contribution in [0.25, 0.3) is 11.0 Å². The number of ketones is 1. The summed E-state index contributed by atoms with van der Waals surface area (Å²) in [6, 6.07) is 5.55. The van der Waals surface area contributed by atoms with Crippen LogP contribution in [0.2, 0.25) is 5.02 Å². The van der Waals surface area contributed by atoms with Crippen LogP contribution in [0.4, 0.5) is 0 Å². The van der Waals surface area contributed by atoms with Crippen LogP contribution in [0.1, 0.15) is 71.6 Å². The number of aromatic nitrogens is 3. The predicted octanol–water partition coefficient (Wildman–Crippen LogP) is 5.67. The first-order valence-electron chi connectivity index (χ1n) is 13.0. The van der Waals surface area contributed by atoms with Crippen molar-refractivity contribution in [2.24, 2.45) is 40.9 Å². The highest BCUT2D eigenvalue weighted by Crippen LogP contribution is 2.64. The van der Waals surface area contributed by atoms with Crippen molar-refractivity contribution in [2.75, 3.05) is 0 Å². The molecule has 4 aliphatic rings. The Bertz CT molecular complexity index is 1080. The average Bonchev–Trinajstić information content (AvgIpc) is 3.32. The van der Waals surface area contributed by atoms with E-state index in [1.165, 1.54) is 38.5 Å². The van der Waals surface area contributed by atoms with Gasteiger partial charge < -0.3 is 5.11 Å². The third kappa shape index (κ3) is 3.56. The first-order valence-corrected chi connectivity index (χ1v) is 13.4. The van der Waals surface area contributed by atoms with Crippen LogP contribution in [0.15, 0.2) is 18.2 Å². The summed E-state index contributed by atoms with van der Waals surface area (Å²) in [4.78, 5) is 13.6. The van der Waals surface area contributed by atoms with E-state index in [-0.39, 0.29) is 11.3 Å². The molecule has 178 valence electrons. The Hall–Kier alpha value is -1.46. The van der Waals surface area contributed by atoms with Crippen molar-refractivity contribution in [3.63, 3.8) is 0 Å². The van der Waals surface area contributed by atoms with Crippen LogP contribution in [0.5, 0.6) is 0 Å². The Kier molecular flexibility index (Phi) is 5.19. The molecule has 0 radical (unpaired) electrons. The molecule has 6 rings (SSSR count). The van der Waals surface area contributed by atoms with E-state index < -0.39 is 5.60 Å². The van der Waals surface area contributed by atoms with Gasteiger partial charge in [0.15, 0.2) is 5.78 Å². The van der Waals surface area contributed by atoms with E-state index in [0.717, 1.165) is 48.0 Å². The Morgan fingerprint density at radius 3 is 2.76 bits per heavy atom. The van der Waals surface area contributed by atoms with Gasteiger partial charge in [0.25, 0.3) is 0 Å². The predicted molar refractivity (Wildman–Crippen MR) is 129 cm³/mol. The molecule has 4 saturated carbocycles. The van der Waals surface area contributed by atoms with Gasteiger partial charge in [0.05, 0.1) is 11.1 Å². The SMILES string of the molecule is C[C@@]1(O)CCC2C(CC[C@@H]3[C@@H]2CC[C@]2(C)[C@@H](C(=O)Cn4nnc5cc(Cl)ccc54)CC[C@@H]32)C1. The number of aliphatic hydroxyl groups is 1. The van der Waals surface area contributed by atoms with Crippen molar-refractivity contribution in [3.05, 3.63) is 23.2 Å². The summed E-state index contributed by atoms with van der Waals surface area (Å²) in [5, 5.41) is 19.7. The molecule has 33 heavy (non-hydrogen) atoms. The molecule has 2 aromatic rings. The van der Waals surface area contributed by atoms with Crippen LogP contribution < -0.4 is 0 Å². The molecule has 5 nitrogen and oxygen atoms in total. The van der Waals surface area contributed by atoms with Crippen LogP contribution in [-0.2, 0) is 11.3 Å². The topological polar surface area (TPSA) is 68.0 Å². The number of hydrogen-bond donors (Lipinski definition) is 1. The number of carbonyl (C=O) groups excluding carboxylic acids is 1. The van der Waals surface area contributed by atoms with Gasteiger partial charge in [0.1, 0.15) is 12.1 Å². The van der Waals surface area contributed by atoms with Crippen LogP contribution >= 0.6 is 11.6 Å². The molecule has 0 saturated heterocycles. The maximum atomic E-state index is 13.6. The fourth-order valence-corrected chi connectivity index (χ4v) is 9.10. The first kappa shape index (κ1) is 22.0. The lowest BCUT2D eigenvalue weighted by Crippen LogP contribution is -2.51. The number of nitrogens with zero attached hydrogens (tertiary/aromatic N) is 3. The molecule has 0 amide bonds. The minimum absolute atomic E-state index is 0.116. The molecular formula is C27H36ClN3O2. The summed E-state index contributed by atoms with van der Waals surface area (Å²) >= 11 is 6.09. The minimum atomic E-state index is -0.459. The van der Waals surface area contributed by atoms with Gasteiger partial charge >= 0.3 is 0 Å². The first-order chi connectivity index (χ1) is 15.7. The zero-order chi connectivity index (χ0) is 23.0. The van der Waals surface area contributed by atoms with Gasteiger partial charge in [-0.1, -0.05) is 23.7 Å². The van der Waals surface area contributed by atoms with Crippen LogP contribution in [-0.4, -0.2) is 31.5 Å². The summed E-state index contributed by atoms with van der Waals surface area (Å²) in [5.41, 5.74) is 1.28. The Balaban J connectivity index is 1.19. The number of halogens is 1. The van der Waals surface area contributed by atoms with E-state index in [1.54, 1.807) is 10.7 Å². The van der Waals surface area contributed by atoms with Crippen molar-refractivity contribution in [1.82, 2.24) is 15.0 Å². The second-order valence-electron chi connectivity index (χ2n) is 12.2. The third-order valence-corrected chi connectivity index (χ3v) is 10.6. The van der Waals surface area contributed by atoms with Crippen molar-refractivity contribution >= 4 is 28.4 Å². The summed E-state index contributed by atoms with van der Waals surface area (Å²) in [6.45, 7) is 4.76. The molecule has 0 aliphatic heterocycles. The molecular weight excluding hydrogens is 434 g/mol. The monoisotopic (exact) mass is 469 g/mol. The van der Waals surface area contributed by atoms with Gasteiger partial charge in [0, 0.05) is 10.9 Å². The Morgan fingerprint density at radius 1 is 1.09 bits per heavy atom. The lowest BCUT2D eigenvalue weighted by molar-refractivity contribution is -0.133. The van der Waals surface area contributed by atoms with Gasteiger partial charge in [-0.3, -0.25) is 4.79 Å². The molecule has 1 aromatic heterocycles. The smallest absolute Gasteiger partial charge is 0.157 e. The van der Waals surface area contributed by atoms with E-state index >= 15 is 0 Å². The Morgan fingerprint density at radius 2 is 1.91 bits per heavy atom. The molecule has 6 heteroatoms. The zero-order valence-electron chi connectivity index (χ0n) is 19.8. The van der Waals surface area contributed by atoms with Crippen molar-refractivity contribution < 1.29 is 9.90 Å². The number of hydrogen-bond acceptors (Lipinski definition) is 4. The fraction of sp³-hybridized carbons (Fsp3) is 0.741. The zero-order valence-corrected chi connectivity index (χ0v) is 20.6. The highest BCUT2D eigenvalue weighted by molar-refractivity contribution is 6.31. The minimum Gasteiger partial charge on any atom is -0.390 e. The molecule has 8 atom stereocenters. The van der Waals surface area contributed by atoms with E-state index in [2.05, 4.69) is 17.2 Å². The normalized spacial score (nSPS) is 42.5. The molecule has 4 aliphatic carbocycles. The quantitative estimate of drug-likeness (QED) is 0.628. The molecule has 0 bridgehead atoms. The highest BCUT2D eigenvalue weighted by Gasteiger charge is 2.58. The van der Waals surface area contributed by atoms with Gasteiger partial charge in [-0.25, -0.2) is 4.68 Å². The van der Waals surface area contributed by atoms with Crippen molar-refractivity contribution in [1.29, 1.82) is 0 Å². The van der Waals surface area contributed by atoms with E-state index in [4.69, 9.17) is 11.6 Å². The molecule has 1 aromatic carbocycles.